The van der Waals surface area contributed by atoms with Crippen LogP contribution in [0, 0.1) is 3.57 Å². The van der Waals surface area contributed by atoms with E-state index < -0.39 is 0 Å². The van der Waals surface area contributed by atoms with Gasteiger partial charge in [-0.3, -0.25) is 0 Å². The van der Waals surface area contributed by atoms with Crippen molar-refractivity contribution in [2.45, 2.75) is 19.8 Å². The monoisotopic (exact) mass is 436 g/mol. The number of hydrogen-bond donors (Lipinski definition) is 0. The number of hydrogen-bond acceptors (Lipinski definition) is 4. The fraction of sp³-hybridized carbons (Fsp3) is 0.286. The molecule has 0 radical (unpaired) electrons. The van der Waals surface area contributed by atoms with Crippen LogP contribution < -0.4 is 9.47 Å². The van der Waals surface area contributed by atoms with Crippen LogP contribution in [0.1, 0.15) is 25.5 Å². The highest BCUT2D eigenvalue weighted by molar-refractivity contribution is 14.1. The first-order valence-corrected chi connectivity index (χ1v) is 8.13. The Bertz CT molecular complexity index is 723. The summed E-state index contributed by atoms with van der Waals surface area (Å²) in [5.74, 6) is 1.94. The topological polar surface area (TPSA) is 44.2 Å². The molecule has 1 aromatic carbocycles. The van der Waals surface area contributed by atoms with Crippen molar-refractivity contribution in [3.63, 3.8) is 0 Å². The Balaban J connectivity index is 2.15. The average molecular weight is 437 g/mol. The highest BCUT2D eigenvalue weighted by Crippen LogP contribution is 2.42. The normalized spacial score (nSPS) is 13.0. The molecule has 3 rings (SSSR count). The second-order valence-electron chi connectivity index (χ2n) is 4.88. The summed E-state index contributed by atoms with van der Waals surface area (Å²) in [6, 6.07) is 3.58. The lowest BCUT2D eigenvalue weighted by molar-refractivity contribution is 0.174. The molecule has 0 bridgehead atoms. The maximum absolute atomic E-state index is 6.22. The minimum atomic E-state index is 0.171. The van der Waals surface area contributed by atoms with E-state index in [0.717, 1.165) is 14.8 Å². The van der Waals surface area contributed by atoms with Gasteiger partial charge in [0.15, 0.2) is 17.3 Å². The minimum absolute atomic E-state index is 0.171. The summed E-state index contributed by atoms with van der Waals surface area (Å²) in [7, 11) is 0. The second kappa shape index (κ2) is 5.78. The standard InChI is InChI=1S/C14H11Cl2IN2O2/c1-6(2)11-10(17)13(16)19-14(18-11)7-3-8(15)12-9(4-7)20-5-21-12/h3-4,6H,5H2,1-2H3. The third-order valence-corrected chi connectivity index (χ3v) is 5.01. The fourth-order valence-corrected chi connectivity index (χ4v) is 3.35. The molecule has 0 aliphatic carbocycles. The van der Waals surface area contributed by atoms with Crippen LogP contribution in [0.15, 0.2) is 12.1 Å². The van der Waals surface area contributed by atoms with Gasteiger partial charge in [0.25, 0.3) is 0 Å². The van der Waals surface area contributed by atoms with Gasteiger partial charge in [-0.1, -0.05) is 37.0 Å². The molecule has 1 aliphatic rings. The molecule has 0 amide bonds. The van der Waals surface area contributed by atoms with Crippen molar-refractivity contribution < 1.29 is 9.47 Å². The summed E-state index contributed by atoms with van der Waals surface area (Å²) in [4.78, 5) is 8.96. The molecule has 0 fully saturated rings. The maximum atomic E-state index is 6.22. The van der Waals surface area contributed by atoms with Gasteiger partial charge in [-0.05, 0) is 40.6 Å². The van der Waals surface area contributed by atoms with E-state index in [9.17, 15) is 0 Å². The fourth-order valence-electron chi connectivity index (χ4n) is 2.04. The highest BCUT2D eigenvalue weighted by atomic mass is 127. The van der Waals surface area contributed by atoms with Crippen LogP contribution in [0.2, 0.25) is 10.2 Å². The van der Waals surface area contributed by atoms with Crippen LogP contribution >= 0.6 is 45.8 Å². The van der Waals surface area contributed by atoms with Crippen molar-refractivity contribution >= 4 is 45.8 Å². The third kappa shape index (κ3) is 2.78. The van der Waals surface area contributed by atoms with E-state index in [1.807, 2.05) is 6.07 Å². The van der Waals surface area contributed by atoms with Crippen LogP contribution in [0.4, 0.5) is 0 Å². The summed E-state index contributed by atoms with van der Waals surface area (Å²) < 4.78 is 11.6. The van der Waals surface area contributed by atoms with E-state index >= 15 is 0 Å². The molecular formula is C14H11Cl2IN2O2. The Hall–Kier alpha value is -0.790. The zero-order chi connectivity index (χ0) is 15.1. The molecule has 7 heteroatoms. The summed E-state index contributed by atoms with van der Waals surface area (Å²) in [6.07, 6.45) is 0. The van der Waals surface area contributed by atoms with Crippen molar-refractivity contribution in [1.82, 2.24) is 9.97 Å². The van der Waals surface area contributed by atoms with Crippen molar-refractivity contribution in [3.8, 4) is 22.9 Å². The Morgan fingerprint density at radius 3 is 2.67 bits per heavy atom. The quantitative estimate of drug-likeness (QED) is 0.495. The van der Waals surface area contributed by atoms with Gasteiger partial charge in [-0.25, -0.2) is 9.97 Å². The Morgan fingerprint density at radius 2 is 1.95 bits per heavy atom. The van der Waals surface area contributed by atoms with Gasteiger partial charge in [0, 0.05) is 5.56 Å². The zero-order valence-electron chi connectivity index (χ0n) is 11.3. The number of nitrogens with zero attached hydrogens (tertiary/aromatic N) is 2. The largest absolute Gasteiger partial charge is 0.454 e. The van der Waals surface area contributed by atoms with E-state index in [-0.39, 0.29) is 12.7 Å². The molecule has 0 N–H and O–H groups in total. The average Bonchev–Trinajstić information content (AvgIpc) is 2.90. The molecule has 0 saturated heterocycles. The van der Waals surface area contributed by atoms with E-state index in [1.54, 1.807) is 6.07 Å². The molecule has 0 saturated carbocycles. The number of ether oxygens (including phenoxy) is 2. The molecule has 0 atom stereocenters. The number of halogens is 3. The molecule has 1 aliphatic heterocycles. The second-order valence-corrected chi connectivity index (χ2v) is 6.73. The summed E-state index contributed by atoms with van der Waals surface area (Å²) >= 11 is 14.6. The maximum Gasteiger partial charge on any atom is 0.231 e. The Kier molecular flexibility index (Phi) is 4.16. The molecule has 2 aromatic rings. The van der Waals surface area contributed by atoms with Crippen LogP contribution in [0.3, 0.4) is 0 Å². The van der Waals surface area contributed by atoms with Gasteiger partial charge >= 0.3 is 0 Å². The molecule has 110 valence electrons. The van der Waals surface area contributed by atoms with Crippen LogP contribution in [-0.4, -0.2) is 16.8 Å². The molecule has 0 spiro atoms. The smallest absolute Gasteiger partial charge is 0.231 e. The van der Waals surface area contributed by atoms with Crippen molar-refractivity contribution in [2.24, 2.45) is 0 Å². The Labute approximate surface area is 145 Å². The van der Waals surface area contributed by atoms with Gasteiger partial charge in [-0.15, -0.1) is 0 Å². The zero-order valence-corrected chi connectivity index (χ0v) is 15.0. The molecule has 21 heavy (non-hydrogen) atoms. The van der Waals surface area contributed by atoms with Gasteiger partial charge < -0.3 is 9.47 Å². The molecular weight excluding hydrogens is 426 g/mol. The molecule has 0 unspecified atom stereocenters. The lowest BCUT2D eigenvalue weighted by Crippen LogP contribution is -2.02. The van der Waals surface area contributed by atoms with E-state index in [2.05, 4.69) is 46.4 Å². The first-order valence-electron chi connectivity index (χ1n) is 6.30. The number of fused-ring (bicyclic) bond motifs is 1. The summed E-state index contributed by atoms with van der Waals surface area (Å²) in [6.45, 7) is 4.30. The first-order chi connectivity index (χ1) is 9.97. The predicted molar refractivity (Wildman–Crippen MR) is 90.4 cm³/mol. The SMILES string of the molecule is CC(C)c1nc(-c2cc(Cl)c3c(c2)OCO3)nc(Cl)c1I. The van der Waals surface area contributed by atoms with Crippen molar-refractivity contribution in [2.75, 3.05) is 6.79 Å². The predicted octanol–water partition coefficient (Wildman–Crippen LogP) is 4.91. The van der Waals surface area contributed by atoms with E-state index in [0.29, 0.717) is 27.5 Å². The van der Waals surface area contributed by atoms with Crippen molar-refractivity contribution in [1.29, 1.82) is 0 Å². The lowest BCUT2D eigenvalue weighted by Gasteiger charge is -2.11. The number of benzene rings is 1. The minimum Gasteiger partial charge on any atom is -0.454 e. The number of rotatable bonds is 2. The molecule has 2 heterocycles. The summed E-state index contributed by atoms with van der Waals surface area (Å²) in [5.41, 5.74) is 1.67. The van der Waals surface area contributed by atoms with Crippen molar-refractivity contribution in [3.05, 3.63) is 31.6 Å². The van der Waals surface area contributed by atoms with E-state index in [4.69, 9.17) is 32.7 Å². The first kappa shape index (κ1) is 15.1. The summed E-state index contributed by atoms with van der Waals surface area (Å²) in [5, 5.41) is 0.919. The van der Waals surface area contributed by atoms with Gasteiger partial charge in [0.05, 0.1) is 14.3 Å². The lowest BCUT2D eigenvalue weighted by atomic mass is 10.1. The molecule has 1 aromatic heterocycles. The number of aromatic nitrogens is 2. The third-order valence-electron chi connectivity index (χ3n) is 3.07. The van der Waals surface area contributed by atoms with Gasteiger partial charge in [-0.2, -0.15) is 0 Å². The van der Waals surface area contributed by atoms with Crippen LogP contribution in [-0.2, 0) is 0 Å². The highest BCUT2D eigenvalue weighted by Gasteiger charge is 2.21. The van der Waals surface area contributed by atoms with Crippen LogP contribution in [0.5, 0.6) is 11.5 Å². The molecule has 4 nitrogen and oxygen atoms in total. The van der Waals surface area contributed by atoms with E-state index in [1.165, 1.54) is 0 Å². The Morgan fingerprint density at radius 1 is 1.19 bits per heavy atom. The van der Waals surface area contributed by atoms with Gasteiger partial charge in [0.2, 0.25) is 6.79 Å². The van der Waals surface area contributed by atoms with Crippen LogP contribution in [0.25, 0.3) is 11.4 Å². The van der Waals surface area contributed by atoms with Gasteiger partial charge in [0.1, 0.15) is 5.15 Å².